The van der Waals surface area contributed by atoms with E-state index in [-0.39, 0.29) is 5.43 Å². The summed E-state index contributed by atoms with van der Waals surface area (Å²) >= 11 is 5.96. The Hall–Kier alpha value is -2.32. The third kappa shape index (κ3) is 3.54. The molecule has 0 fully saturated rings. The molecule has 23 heavy (non-hydrogen) atoms. The summed E-state index contributed by atoms with van der Waals surface area (Å²) in [7, 11) is 0. The van der Waals surface area contributed by atoms with Crippen LogP contribution in [0.4, 0.5) is 0 Å². The molecular weight excluding hydrogens is 306 g/mol. The number of hydrogen-bond acceptors (Lipinski definition) is 1. The lowest BCUT2D eigenvalue weighted by molar-refractivity contribution is 0.766. The fourth-order valence-corrected chi connectivity index (χ4v) is 2.88. The van der Waals surface area contributed by atoms with E-state index in [1.165, 1.54) is 5.56 Å². The Labute approximate surface area is 141 Å². The molecule has 3 aromatic rings. The van der Waals surface area contributed by atoms with Gasteiger partial charge < -0.3 is 4.57 Å². The maximum atomic E-state index is 12.0. The third-order valence-electron chi connectivity index (χ3n) is 3.91. The fraction of sp³-hybridized carbons (Fsp3) is 0.150. The van der Waals surface area contributed by atoms with Gasteiger partial charge in [0.15, 0.2) is 5.43 Å². The second-order valence-corrected chi connectivity index (χ2v) is 6.24. The number of nitrogens with zero attached hydrogens (tertiary/aromatic N) is 1. The van der Waals surface area contributed by atoms with Crippen molar-refractivity contribution in [3.8, 4) is 11.3 Å². The summed E-state index contributed by atoms with van der Waals surface area (Å²) < 4.78 is 2.17. The zero-order valence-electron chi connectivity index (χ0n) is 13.2. The summed E-state index contributed by atoms with van der Waals surface area (Å²) in [6.07, 6.45) is 0. The van der Waals surface area contributed by atoms with E-state index in [2.05, 4.69) is 23.6 Å². The Morgan fingerprint density at radius 1 is 0.957 bits per heavy atom. The lowest BCUT2D eigenvalue weighted by Crippen LogP contribution is -2.13. The van der Waals surface area contributed by atoms with E-state index in [9.17, 15) is 4.79 Å². The second-order valence-electron chi connectivity index (χ2n) is 5.80. The van der Waals surface area contributed by atoms with Crippen molar-refractivity contribution >= 4 is 11.6 Å². The normalized spacial score (nSPS) is 10.7. The van der Waals surface area contributed by atoms with Crippen molar-refractivity contribution in [1.82, 2.24) is 4.57 Å². The van der Waals surface area contributed by atoms with Gasteiger partial charge in [0.05, 0.1) is 5.69 Å². The topological polar surface area (TPSA) is 22.0 Å². The van der Waals surface area contributed by atoms with Crippen LogP contribution in [-0.4, -0.2) is 4.57 Å². The zero-order valence-corrected chi connectivity index (χ0v) is 14.0. The molecule has 0 spiro atoms. The Bertz CT molecular complexity index is 894. The van der Waals surface area contributed by atoms with Gasteiger partial charge in [-0.3, -0.25) is 4.79 Å². The highest BCUT2D eigenvalue weighted by Crippen LogP contribution is 2.22. The average Bonchev–Trinajstić information content (AvgIpc) is 2.51. The summed E-state index contributed by atoms with van der Waals surface area (Å²) in [4.78, 5) is 12.0. The molecule has 0 saturated heterocycles. The first-order valence-electron chi connectivity index (χ1n) is 7.56. The van der Waals surface area contributed by atoms with Crippen LogP contribution in [0.5, 0.6) is 0 Å². The highest BCUT2D eigenvalue weighted by atomic mass is 35.5. The Morgan fingerprint density at radius 3 is 2.39 bits per heavy atom. The van der Waals surface area contributed by atoms with E-state index in [0.29, 0.717) is 6.54 Å². The molecule has 3 rings (SSSR count). The smallest absolute Gasteiger partial charge is 0.182 e. The van der Waals surface area contributed by atoms with Gasteiger partial charge in [-0.2, -0.15) is 0 Å². The van der Waals surface area contributed by atoms with E-state index < -0.39 is 0 Å². The van der Waals surface area contributed by atoms with Crippen LogP contribution in [0.15, 0.2) is 65.5 Å². The van der Waals surface area contributed by atoms with E-state index >= 15 is 0 Å². The maximum absolute atomic E-state index is 12.0. The van der Waals surface area contributed by atoms with Gasteiger partial charge in [-0.25, -0.2) is 0 Å². The first-order valence-corrected chi connectivity index (χ1v) is 7.94. The van der Waals surface area contributed by atoms with Gasteiger partial charge in [-0.05, 0) is 43.2 Å². The van der Waals surface area contributed by atoms with Gasteiger partial charge in [0, 0.05) is 29.4 Å². The number of aromatic nitrogens is 1. The maximum Gasteiger partial charge on any atom is 0.182 e. The van der Waals surface area contributed by atoms with Crippen molar-refractivity contribution in [2.75, 3.05) is 0 Å². The number of aryl methyl sites for hydroxylation is 2. The first kappa shape index (κ1) is 15.6. The van der Waals surface area contributed by atoms with Crippen molar-refractivity contribution in [2.24, 2.45) is 0 Å². The summed E-state index contributed by atoms with van der Waals surface area (Å²) in [6, 6.07) is 19.4. The SMILES string of the molecule is Cc1cccc(-c2cc(=O)cc(C)n2Cc2ccc(Cl)cc2)c1. The van der Waals surface area contributed by atoms with Crippen LogP contribution in [0.1, 0.15) is 16.8 Å². The number of benzene rings is 2. The molecule has 0 amide bonds. The first-order chi connectivity index (χ1) is 11.0. The lowest BCUT2D eigenvalue weighted by Gasteiger charge is -2.17. The van der Waals surface area contributed by atoms with Gasteiger partial charge >= 0.3 is 0 Å². The van der Waals surface area contributed by atoms with Gasteiger partial charge in [-0.15, -0.1) is 0 Å². The summed E-state index contributed by atoms with van der Waals surface area (Å²) in [5, 5.41) is 0.726. The molecule has 0 aliphatic carbocycles. The van der Waals surface area contributed by atoms with Crippen LogP contribution in [0.25, 0.3) is 11.3 Å². The number of hydrogen-bond donors (Lipinski definition) is 0. The highest BCUT2D eigenvalue weighted by molar-refractivity contribution is 6.30. The van der Waals surface area contributed by atoms with Crippen molar-refractivity contribution in [3.05, 3.63) is 92.7 Å². The van der Waals surface area contributed by atoms with Gasteiger partial charge in [-0.1, -0.05) is 47.5 Å². The molecule has 0 bridgehead atoms. The standard InChI is InChI=1S/C20H18ClNO/c1-14-4-3-5-17(10-14)20-12-19(23)11-15(2)22(20)13-16-6-8-18(21)9-7-16/h3-12H,13H2,1-2H3. The van der Waals surface area contributed by atoms with Gasteiger partial charge in [0.2, 0.25) is 0 Å². The van der Waals surface area contributed by atoms with Crippen LogP contribution in [0, 0.1) is 13.8 Å². The van der Waals surface area contributed by atoms with Crippen molar-refractivity contribution < 1.29 is 0 Å². The number of pyridine rings is 1. The second kappa shape index (κ2) is 6.43. The predicted octanol–water partition coefficient (Wildman–Crippen LogP) is 4.83. The number of halogens is 1. The van der Waals surface area contributed by atoms with Crippen molar-refractivity contribution in [1.29, 1.82) is 0 Å². The van der Waals surface area contributed by atoms with Crippen LogP contribution >= 0.6 is 11.6 Å². The molecule has 3 heteroatoms. The molecule has 2 nitrogen and oxygen atoms in total. The molecule has 0 unspecified atom stereocenters. The monoisotopic (exact) mass is 323 g/mol. The summed E-state index contributed by atoms with van der Waals surface area (Å²) in [5.41, 5.74) is 5.30. The molecule has 1 aromatic heterocycles. The molecule has 0 saturated carbocycles. The van der Waals surface area contributed by atoms with Crippen LogP contribution in [0.3, 0.4) is 0 Å². The molecular formula is C20H18ClNO. The zero-order chi connectivity index (χ0) is 16.4. The van der Waals surface area contributed by atoms with E-state index in [0.717, 1.165) is 27.5 Å². The molecule has 2 aromatic carbocycles. The minimum absolute atomic E-state index is 0.0337. The average molecular weight is 324 g/mol. The molecule has 0 radical (unpaired) electrons. The highest BCUT2D eigenvalue weighted by Gasteiger charge is 2.09. The van der Waals surface area contributed by atoms with Gasteiger partial charge in [0.25, 0.3) is 0 Å². The minimum atomic E-state index is 0.0337. The fourth-order valence-electron chi connectivity index (χ4n) is 2.75. The molecule has 116 valence electrons. The van der Waals surface area contributed by atoms with E-state index in [1.54, 1.807) is 12.1 Å². The quantitative estimate of drug-likeness (QED) is 0.676. The Morgan fingerprint density at radius 2 is 1.70 bits per heavy atom. The molecule has 1 heterocycles. The molecule has 0 aliphatic rings. The van der Waals surface area contributed by atoms with Crippen molar-refractivity contribution in [2.45, 2.75) is 20.4 Å². The predicted molar refractivity (Wildman–Crippen MR) is 96.2 cm³/mol. The van der Waals surface area contributed by atoms with E-state index in [4.69, 9.17) is 11.6 Å². The van der Waals surface area contributed by atoms with Crippen LogP contribution in [-0.2, 0) is 6.54 Å². The van der Waals surface area contributed by atoms with Crippen LogP contribution < -0.4 is 5.43 Å². The third-order valence-corrected chi connectivity index (χ3v) is 4.17. The largest absolute Gasteiger partial charge is 0.340 e. The van der Waals surface area contributed by atoms with E-state index in [1.807, 2.05) is 43.3 Å². The molecule has 0 atom stereocenters. The number of rotatable bonds is 3. The minimum Gasteiger partial charge on any atom is -0.340 e. The summed E-state index contributed by atoms with van der Waals surface area (Å²) in [6.45, 7) is 4.73. The van der Waals surface area contributed by atoms with Crippen LogP contribution in [0.2, 0.25) is 5.02 Å². The lowest BCUT2D eigenvalue weighted by atomic mass is 10.1. The van der Waals surface area contributed by atoms with Gasteiger partial charge in [0.1, 0.15) is 0 Å². The summed E-state index contributed by atoms with van der Waals surface area (Å²) in [5.74, 6) is 0. The Balaban J connectivity index is 2.12. The Kier molecular flexibility index (Phi) is 4.35. The molecule has 0 aliphatic heterocycles. The molecule has 0 N–H and O–H groups in total. The van der Waals surface area contributed by atoms with Crippen molar-refractivity contribution in [3.63, 3.8) is 0 Å².